The van der Waals surface area contributed by atoms with Crippen molar-refractivity contribution in [2.24, 2.45) is 5.73 Å². The molecule has 0 fully saturated rings. The molecule has 1 rings (SSSR count). The smallest absolute Gasteiger partial charge is 0.0800 e. The summed E-state index contributed by atoms with van der Waals surface area (Å²) in [6, 6.07) is 0.464. The molecule has 1 unspecified atom stereocenters. The van der Waals surface area contributed by atoms with Crippen LogP contribution in [0.2, 0.25) is 0 Å². The van der Waals surface area contributed by atoms with E-state index in [1.54, 1.807) is 0 Å². The number of aromatic nitrogens is 2. The first-order valence-electron chi connectivity index (χ1n) is 5.51. The van der Waals surface area contributed by atoms with E-state index in [0.29, 0.717) is 6.04 Å². The van der Waals surface area contributed by atoms with Gasteiger partial charge in [-0.1, -0.05) is 17.8 Å². The molecule has 0 radical (unpaired) electrons. The second-order valence-electron chi connectivity index (χ2n) is 3.75. The zero-order valence-corrected chi connectivity index (χ0v) is 10.3. The van der Waals surface area contributed by atoms with E-state index in [1.807, 2.05) is 0 Å². The van der Waals surface area contributed by atoms with Crippen LogP contribution in [0.4, 0.5) is 0 Å². The summed E-state index contributed by atoms with van der Waals surface area (Å²) >= 11 is 1.49. The van der Waals surface area contributed by atoms with Crippen LogP contribution >= 0.6 is 11.5 Å². The van der Waals surface area contributed by atoms with E-state index in [4.69, 9.17) is 5.73 Å². The summed E-state index contributed by atoms with van der Waals surface area (Å²) in [5.41, 5.74) is 6.64. The van der Waals surface area contributed by atoms with Crippen molar-refractivity contribution in [3.63, 3.8) is 0 Å². The van der Waals surface area contributed by atoms with Gasteiger partial charge in [0.25, 0.3) is 0 Å². The second kappa shape index (κ2) is 6.87. The molecule has 1 aromatic heterocycles. The Morgan fingerprint density at radius 1 is 1.53 bits per heavy atom. The van der Waals surface area contributed by atoms with Gasteiger partial charge in [0.05, 0.1) is 10.6 Å². The molecule has 15 heavy (non-hydrogen) atoms. The van der Waals surface area contributed by atoms with Crippen molar-refractivity contribution in [3.05, 3.63) is 10.6 Å². The molecule has 0 aliphatic carbocycles. The molecule has 0 aliphatic rings. The maximum Gasteiger partial charge on any atom is 0.0800 e. The molecule has 4 nitrogen and oxygen atoms in total. The lowest BCUT2D eigenvalue weighted by molar-refractivity contribution is 0.520. The van der Waals surface area contributed by atoms with Crippen molar-refractivity contribution in [1.29, 1.82) is 0 Å². The topological polar surface area (TPSA) is 63.8 Å². The Hall–Kier alpha value is -0.520. The van der Waals surface area contributed by atoms with Gasteiger partial charge in [0.2, 0.25) is 0 Å². The summed E-state index contributed by atoms with van der Waals surface area (Å²) in [5.74, 6) is 0. The van der Waals surface area contributed by atoms with Crippen LogP contribution in [0.3, 0.4) is 0 Å². The first kappa shape index (κ1) is 12.5. The molecule has 1 atom stereocenters. The third-order valence-corrected chi connectivity index (χ3v) is 3.10. The van der Waals surface area contributed by atoms with E-state index in [2.05, 4.69) is 28.8 Å². The summed E-state index contributed by atoms with van der Waals surface area (Å²) in [6.07, 6.45) is 3.16. The summed E-state index contributed by atoms with van der Waals surface area (Å²) in [5, 5.41) is 7.57. The third kappa shape index (κ3) is 4.24. The highest BCUT2D eigenvalue weighted by Crippen LogP contribution is 2.12. The molecule has 0 aliphatic heterocycles. The van der Waals surface area contributed by atoms with Crippen LogP contribution in [0, 0.1) is 0 Å². The minimum Gasteiger partial charge on any atom is -0.330 e. The van der Waals surface area contributed by atoms with Crippen LogP contribution < -0.4 is 11.1 Å². The monoisotopic (exact) mass is 228 g/mol. The Morgan fingerprint density at radius 3 is 3.00 bits per heavy atom. The zero-order valence-electron chi connectivity index (χ0n) is 9.49. The van der Waals surface area contributed by atoms with E-state index in [9.17, 15) is 0 Å². The molecular weight excluding hydrogens is 208 g/mol. The van der Waals surface area contributed by atoms with Gasteiger partial charge in [-0.2, -0.15) is 0 Å². The predicted octanol–water partition coefficient (Wildman–Crippen LogP) is 1.32. The Morgan fingerprint density at radius 2 is 2.33 bits per heavy atom. The Labute approximate surface area is 95.4 Å². The van der Waals surface area contributed by atoms with Gasteiger partial charge in [-0.05, 0) is 37.8 Å². The Balaban J connectivity index is 2.39. The third-order valence-electron chi connectivity index (χ3n) is 2.33. The summed E-state index contributed by atoms with van der Waals surface area (Å²) in [4.78, 5) is 1.26. The van der Waals surface area contributed by atoms with E-state index >= 15 is 0 Å². The fourth-order valence-electron chi connectivity index (χ4n) is 1.41. The minimum absolute atomic E-state index is 0.464. The van der Waals surface area contributed by atoms with Crippen LogP contribution in [-0.4, -0.2) is 22.2 Å². The van der Waals surface area contributed by atoms with Gasteiger partial charge < -0.3 is 11.1 Å². The average molecular weight is 228 g/mol. The molecule has 0 bridgehead atoms. The molecule has 3 N–H and O–H groups in total. The first-order valence-corrected chi connectivity index (χ1v) is 6.28. The molecule has 0 amide bonds. The number of nitrogens with one attached hydrogen (secondary N) is 1. The van der Waals surface area contributed by atoms with E-state index in [-0.39, 0.29) is 0 Å². The molecule has 0 saturated heterocycles. The maximum atomic E-state index is 5.49. The SMILES string of the molecule is CCCc1nnsc1CNC(C)CCN. The quantitative estimate of drug-likeness (QED) is 0.739. The van der Waals surface area contributed by atoms with E-state index < -0.39 is 0 Å². The molecule has 5 heteroatoms. The lowest BCUT2D eigenvalue weighted by Crippen LogP contribution is -2.27. The number of nitrogens with zero attached hydrogens (tertiary/aromatic N) is 2. The van der Waals surface area contributed by atoms with Crippen molar-refractivity contribution in [3.8, 4) is 0 Å². The number of hydrogen-bond donors (Lipinski definition) is 2. The number of rotatable bonds is 7. The maximum absolute atomic E-state index is 5.49. The highest BCUT2D eigenvalue weighted by molar-refractivity contribution is 7.05. The second-order valence-corrected chi connectivity index (χ2v) is 4.59. The fraction of sp³-hybridized carbons (Fsp3) is 0.800. The zero-order chi connectivity index (χ0) is 11.1. The molecule has 0 spiro atoms. The van der Waals surface area contributed by atoms with Crippen LogP contribution in [-0.2, 0) is 13.0 Å². The largest absolute Gasteiger partial charge is 0.330 e. The molecule has 0 saturated carbocycles. The van der Waals surface area contributed by atoms with Gasteiger partial charge in [-0.3, -0.25) is 0 Å². The lowest BCUT2D eigenvalue weighted by Gasteiger charge is -2.11. The number of aryl methyl sites for hydroxylation is 1. The molecule has 86 valence electrons. The normalized spacial score (nSPS) is 13.0. The summed E-state index contributed by atoms with van der Waals surface area (Å²) in [7, 11) is 0. The lowest BCUT2D eigenvalue weighted by atomic mass is 10.2. The van der Waals surface area contributed by atoms with E-state index in [1.165, 1.54) is 16.4 Å². The number of hydrogen-bond acceptors (Lipinski definition) is 5. The van der Waals surface area contributed by atoms with Crippen LogP contribution in [0.25, 0.3) is 0 Å². The Bertz CT molecular complexity index is 274. The van der Waals surface area contributed by atoms with Crippen molar-refractivity contribution in [2.45, 2.75) is 45.7 Å². The van der Waals surface area contributed by atoms with E-state index in [0.717, 1.165) is 38.0 Å². The molecular formula is C10H20N4S. The van der Waals surface area contributed by atoms with Crippen LogP contribution in [0.1, 0.15) is 37.3 Å². The van der Waals surface area contributed by atoms with Crippen LogP contribution in [0.15, 0.2) is 0 Å². The fourth-order valence-corrected chi connectivity index (χ4v) is 2.04. The predicted molar refractivity (Wildman–Crippen MR) is 63.9 cm³/mol. The van der Waals surface area contributed by atoms with Crippen molar-refractivity contribution in [2.75, 3.05) is 6.54 Å². The average Bonchev–Trinajstić information content (AvgIpc) is 2.64. The highest BCUT2D eigenvalue weighted by Gasteiger charge is 2.08. The summed E-state index contributed by atoms with van der Waals surface area (Å²) < 4.78 is 3.99. The number of nitrogens with two attached hydrogens (primary N) is 1. The van der Waals surface area contributed by atoms with Gasteiger partial charge in [-0.25, -0.2) is 0 Å². The van der Waals surface area contributed by atoms with Gasteiger partial charge >= 0.3 is 0 Å². The van der Waals surface area contributed by atoms with Crippen molar-refractivity contribution >= 4 is 11.5 Å². The highest BCUT2D eigenvalue weighted by atomic mass is 32.1. The van der Waals surface area contributed by atoms with Gasteiger partial charge in [0.1, 0.15) is 0 Å². The minimum atomic E-state index is 0.464. The molecule has 0 aromatic carbocycles. The van der Waals surface area contributed by atoms with Gasteiger partial charge in [0, 0.05) is 12.6 Å². The van der Waals surface area contributed by atoms with Crippen molar-refractivity contribution in [1.82, 2.24) is 14.9 Å². The standard InChI is InChI=1S/C10H20N4S/c1-3-4-9-10(15-14-13-9)7-12-8(2)5-6-11/h8,12H,3-7,11H2,1-2H3. The van der Waals surface area contributed by atoms with Gasteiger partial charge in [0.15, 0.2) is 0 Å². The Kier molecular flexibility index (Phi) is 5.75. The van der Waals surface area contributed by atoms with Crippen molar-refractivity contribution < 1.29 is 0 Å². The van der Waals surface area contributed by atoms with Gasteiger partial charge in [-0.15, -0.1) is 5.10 Å². The molecule has 1 aromatic rings. The first-order chi connectivity index (χ1) is 7.27. The summed E-state index contributed by atoms with van der Waals surface area (Å²) in [6.45, 7) is 5.92. The molecule has 1 heterocycles. The van der Waals surface area contributed by atoms with Crippen LogP contribution in [0.5, 0.6) is 0 Å².